The molecule has 0 aromatic rings. The summed E-state index contributed by atoms with van der Waals surface area (Å²) in [5, 5.41) is 8.91. The Balaban J connectivity index is 0.000000476. The molecule has 14 nitrogen and oxygen atoms in total. The predicted octanol–water partition coefficient (Wildman–Crippen LogP) is 5.95. The summed E-state index contributed by atoms with van der Waals surface area (Å²) in [6, 6.07) is -0.333. The number of urea groups is 1. The van der Waals surface area contributed by atoms with E-state index in [4.69, 9.17) is 18.9 Å². The van der Waals surface area contributed by atoms with E-state index in [0.29, 0.717) is 24.9 Å². The molecular formula is C33H58I3N5O9. The molecule has 4 fully saturated rings. The van der Waals surface area contributed by atoms with Crippen molar-refractivity contribution in [2.24, 2.45) is 11.8 Å². The van der Waals surface area contributed by atoms with Gasteiger partial charge in [-0.05, 0) is 105 Å². The van der Waals surface area contributed by atoms with Gasteiger partial charge in [-0.15, -0.1) is 24.0 Å². The Kier molecular flexibility index (Phi) is 19.7. The number of rotatable bonds is 6. The number of piperidine rings is 2. The van der Waals surface area contributed by atoms with Gasteiger partial charge < -0.3 is 44.7 Å². The first-order valence-corrected chi connectivity index (χ1v) is 23.1. The first kappa shape index (κ1) is 46.9. The summed E-state index contributed by atoms with van der Waals surface area (Å²) in [7, 11) is 6.15. The van der Waals surface area contributed by atoms with E-state index >= 15 is 0 Å². The van der Waals surface area contributed by atoms with Gasteiger partial charge >= 0.3 is 30.2 Å². The number of carbonyl (C=O) groups is 5. The number of hydrogen-bond donors (Lipinski definition) is 3. The molecule has 0 radical (unpaired) electrons. The van der Waals surface area contributed by atoms with E-state index in [1.54, 1.807) is 60.5 Å². The minimum Gasteiger partial charge on any atom is -0.467 e. The van der Waals surface area contributed by atoms with Crippen LogP contribution in [-0.4, -0.2) is 116 Å². The van der Waals surface area contributed by atoms with Gasteiger partial charge in [0.05, 0.1) is 14.2 Å². The summed E-state index contributed by atoms with van der Waals surface area (Å²) >= 11 is 4.24. The molecule has 0 aliphatic carbocycles. The van der Waals surface area contributed by atoms with E-state index < -0.39 is 47.4 Å². The first-order chi connectivity index (χ1) is 22.8. The minimum atomic E-state index is -0.769. The molecule has 0 aromatic carbocycles. The highest BCUT2D eigenvalue weighted by atomic mass is 128. The summed E-state index contributed by atoms with van der Waals surface area (Å²) in [5.41, 5.74) is -1.23. The quantitative estimate of drug-likeness (QED) is 0.165. The number of carbonyl (C=O) groups excluding carboxylic acids is 5. The van der Waals surface area contributed by atoms with Gasteiger partial charge in [-0.1, -0.05) is 0 Å². The van der Waals surface area contributed by atoms with Crippen molar-refractivity contribution < 1.29 is 42.9 Å². The van der Waals surface area contributed by atoms with Gasteiger partial charge in [-0.3, -0.25) is 0 Å². The molecule has 0 aromatic heterocycles. The lowest BCUT2D eigenvalue weighted by Crippen LogP contribution is -2.56. The van der Waals surface area contributed by atoms with Crippen molar-refractivity contribution in [3.63, 3.8) is 0 Å². The lowest BCUT2D eigenvalue weighted by Gasteiger charge is -2.42. The molecule has 6 atom stereocenters. The normalized spacial score (nSPS) is 26.1. The number of amides is 4. The Morgan fingerprint density at radius 3 is 1.38 bits per heavy atom. The number of esters is 2. The van der Waals surface area contributed by atoms with Crippen LogP contribution in [0, 0.1) is 11.8 Å². The molecule has 0 saturated carbocycles. The molecule has 4 aliphatic rings. The largest absolute Gasteiger partial charge is 0.467 e. The maximum atomic E-state index is 12.4. The number of alkyl carbamates (subject to hydrolysis) is 2. The zero-order valence-corrected chi connectivity index (χ0v) is 37.7. The van der Waals surface area contributed by atoms with E-state index in [1.165, 1.54) is 14.2 Å². The van der Waals surface area contributed by atoms with E-state index in [1.807, 2.05) is 4.90 Å². The number of halogens is 3. The molecule has 4 saturated heterocycles. The first-order valence-electron chi connectivity index (χ1n) is 16.9. The van der Waals surface area contributed by atoms with Crippen molar-refractivity contribution in [2.45, 2.75) is 140 Å². The number of methoxy groups -OCH3 is 2. The smallest absolute Gasteiger partial charge is 0.408 e. The molecule has 4 heterocycles. The zero-order chi connectivity index (χ0) is 37.3. The zero-order valence-electron chi connectivity index (χ0n) is 31.0. The standard InChI is InChI=1S/C18H31N3O5.C15H26N2O4.I2.HI/c1-18(2,3)26-16(23)19-14(15(22)25-6)11-9-12-7-8-13(10-11)21(12)17(24)20(4)5;1-15(2,3)21-14(19)17-12(13(18)20-4)9-7-10-5-6-11(8-9)16-10;1-2;/h11-14H,7-10H2,1-6H3,(H,19,23);9-12,16H,5-8H2,1-4H3,(H,17,19);;1H. The van der Waals surface area contributed by atoms with Crippen molar-refractivity contribution in [3.05, 3.63) is 0 Å². The molecule has 4 amide bonds. The Bertz CT molecular complexity index is 1120. The Hall–Kier alpha value is -1.10. The van der Waals surface area contributed by atoms with Crippen LogP contribution in [0.3, 0.4) is 0 Å². The average Bonchev–Trinajstić information content (AvgIpc) is 3.49. The minimum absolute atomic E-state index is 0. The van der Waals surface area contributed by atoms with E-state index in [9.17, 15) is 24.0 Å². The molecule has 6 unspecified atom stereocenters. The van der Waals surface area contributed by atoms with Crippen LogP contribution in [0.1, 0.15) is 92.9 Å². The van der Waals surface area contributed by atoms with E-state index in [2.05, 4.69) is 53.2 Å². The topological polar surface area (TPSA) is 165 Å². The molecule has 50 heavy (non-hydrogen) atoms. The highest BCUT2D eigenvalue weighted by molar-refractivity contribution is 15.0. The highest BCUT2D eigenvalue weighted by Crippen LogP contribution is 2.40. The number of nitrogens with zero attached hydrogens (tertiary/aromatic N) is 2. The van der Waals surface area contributed by atoms with Crippen molar-refractivity contribution in [2.75, 3.05) is 28.3 Å². The van der Waals surface area contributed by atoms with Gasteiger partial charge in [0.25, 0.3) is 0 Å². The van der Waals surface area contributed by atoms with Crippen molar-refractivity contribution in [1.29, 1.82) is 0 Å². The van der Waals surface area contributed by atoms with E-state index in [-0.39, 0.29) is 53.9 Å². The molecular weight excluding hydrogens is 991 g/mol. The van der Waals surface area contributed by atoms with Gasteiger partial charge in [0.2, 0.25) is 0 Å². The lowest BCUT2D eigenvalue weighted by atomic mass is 9.85. The number of nitrogens with one attached hydrogen (secondary N) is 3. The van der Waals surface area contributed by atoms with Crippen LogP contribution in [0.25, 0.3) is 0 Å². The van der Waals surface area contributed by atoms with Crippen LogP contribution >= 0.6 is 61.2 Å². The third-order valence-electron chi connectivity index (χ3n) is 9.08. The Labute approximate surface area is 338 Å². The number of hydrogen-bond acceptors (Lipinski definition) is 10. The summed E-state index contributed by atoms with van der Waals surface area (Å²) in [5.74, 6) is -0.859. The van der Waals surface area contributed by atoms with Crippen molar-refractivity contribution >= 4 is 91.4 Å². The van der Waals surface area contributed by atoms with E-state index in [0.717, 1.165) is 38.5 Å². The van der Waals surface area contributed by atoms with Gasteiger partial charge in [0.1, 0.15) is 23.3 Å². The molecule has 4 rings (SSSR count). The summed E-state index contributed by atoms with van der Waals surface area (Å²) < 4.78 is 20.3. The SMILES string of the molecule is COC(=O)C(NC(=O)OC(C)(C)C)C1CC2CCC(C1)N2.COC(=O)C(NC(=O)OC(C)(C)C)C1CC2CCC(C1)N2C(=O)N(C)C.I.II. The van der Waals surface area contributed by atoms with Crippen LogP contribution < -0.4 is 16.0 Å². The van der Waals surface area contributed by atoms with Crippen LogP contribution in [0.4, 0.5) is 14.4 Å². The fourth-order valence-electron chi connectivity index (χ4n) is 7.27. The second-order valence-electron chi connectivity index (χ2n) is 15.4. The van der Waals surface area contributed by atoms with Crippen LogP contribution in [0.5, 0.6) is 0 Å². The molecule has 290 valence electrons. The van der Waals surface area contributed by atoms with Gasteiger partial charge in [0, 0.05) is 75.5 Å². The average molecular weight is 1050 g/mol. The maximum absolute atomic E-state index is 12.4. The summed E-state index contributed by atoms with van der Waals surface area (Å²) in [6.07, 6.45) is 6.00. The van der Waals surface area contributed by atoms with Crippen molar-refractivity contribution in [1.82, 2.24) is 25.8 Å². The van der Waals surface area contributed by atoms with Gasteiger partial charge in [0.15, 0.2) is 0 Å². The highest BCUT2D eigenvalue weighted by Gasteiger charge is 2.48. The number of ether oxygens (including phenoxy) is 4. The molecule has 4 bridgehead atoms. The maximum Gasteiger partial charge on any atom is 0.408 e. The van der Waals surface area contributed by atoms with Crippen LogP contribution in [-0.2, 0) is 28.5 Å². The van der Waals surface area contributed by atoms with Crippen molar-refractivity contribution in [3.8, 4) is 0 Å². The predicted molar refractivity (Wildman–Crippen MR) is 217 cm³/mol. The molecule has 4 aliphatic heterocycles. The molecule has 3 N–H and O–H groups in total. The van der Waals surface area contributed by atoms with Crippen LogP contribution in [0.15, 0.2) is 0 Å². The summed E-state index contributed by atoms with van der Waals surface area (Å²) in [4.78, 5) is 64.4. The Morgan fingerprint density at radius 1 is 0.700 bits per heavy atom. The van der Waals surface area contributed by atoms with Gasteiger partial charge in [-0.2, -0.15) is 0 Å². The molecule has 17 heteroatoms. The second kappa shape index (κ2) is 21.0. The lowest BCUT2D eigenvalue weighted by molar-refractivity contribution is -0.146. The fraction of sp³-hybridized carbons (Fsp3) is 0.848. The molecule has 0 spiro atoms. The fourth-order valence-corrected chi connectivity index (χ4v) is 7.27. The third-order valence-corrected chi connectivity index (χ3v) is 9.08. The Morgan fingerprint density at radius 2 is 1.06 bits per heavy atom. The summed E-state index contributed by atoms with van der Waals surface area (Å²) in [6.45, 7) is 10.7. The number of fused-ring (bicyclic) bond motifs is 4. The third kappa shape index (κ3) is 14.4. The van der Waals surface area contributed by atoms with Gasteiger partial charge in [-0.25, -0.2) is 24.0 Å². The van der Waals surface area contributed by atoms with Crippen LogP contribution in [0.2, 0.25) is 0 Å². The second-order valence-corrected chi connectivity index (χ2v) is 15.4. The monoisotopic (exact) mass is 1050 g/mol.